The van der Waals surface area contributed by atoms with Crippen molar-refractivity contribution in [3.63, 3.8) is 0 Å². The fourth-order valence-corrected chi connectivity index (χ4v) is 3.62. The first-order valence-electron chi connectivity index (χ1n) is 7.25. The Hall–Kier alpha value is -1.31. The van der Waals surface area contributed by atoms with E-state index in [9.17, 15) is 13.2 Å². The van der Waals surface area contributed by atoms with Crippen molar-refractivity contribution in [2.75, 3.05) is 26.5 Å². The van der Waals surface area contributed by atoms with Crippen molar-refractivity contribution in [1.82, 2.24) is 4.31 Å². The molecule has 23 heavy (non-hydrogen) atoms. The average molecular weight is 362 g/mol. The second-order valence-electron chi connectivity index (χ2n) is 5.50. The van der Waals surface area contributed by atoms with Gasteiger partial charge in [0, 0.05) is 23.7 Å². The molecular weight excluding hydrogens is 342 g/mol. The third-order valence-corrected chi connectivity index (χ3v) is 5.41. The van der Waals surface area contributed by atoms with E-state index in [0.29, 0.717) is 42.3 Å². The van der Waals surface area contributed by atoms with Crippen LogP contribution in [0.15, 0.2) is 18.2 Å². The molecule has 0 amide bonds. The molecule has 0 bridgehead atoms. The highest BCUT2D eigenvalue weighted by Gasteiger charge is 2.29. The Bertz CT molecular complexity index is 668. The maximum absolute atomic E-state index is 12.1. The van der Waals surface area contributed by atoms with Crippen molar-refractivity contribution in [3.05, 3.63) is 28.8 Å². The second-order valence-corrected chi connectivity index (χ2v) is 7.92. The number of ether oxygens (including phenoxy) is 2. The minimum absolute atomic E-state index is 0.0782. The summed E-state index contributed by atoms with van der Waals surface area (Å²) < 4.78 is 34.9. The standard InChI is InChI=1S/C15H20ClNO5S/c1-21-14-4-3-13(16)9-12(14)10-22-15(18)11-5-7-17(8-6-11)23(2,19)20/h3-4,9,11H,5-8,10H2,1-2H3. The van der Waals surface area contributed by atoms with Gasteiger partial charge in [-0.25, -0.2) is 12.7 Å². The molecule has 0 aromatic heterocycles. The van der Waals surface area contributed by atoms with Gasteiger partial charge in [-0.05, 0) is 31.0 Å². The first-order chi connectivity index (χ1) is 10.8. The molecule has 0 spiro atoms. The average Bonchev–Trinajstić information content (AvgIpc) is 2.52. The molecule has 1 aliphatic rings. The van der Waals surface area contributed by atoms with E-state index in [1.165, 1.54) is 17.7 Å². The molecule has 0 saturated carbocycles. The molecule has 0 unspecified atom stereocenters. The van der Waals surface area contributed by atoms with Crippen LogP contribution in [0.3, 0.4) is 0 Å². The molecule has 1 heterocycles. The second kappa shape index (κ2) is 7.51. The topological polar surface area (TPSA) is 72.9 Å². The largest absolute Gasteiger partial charge is 0.496 e. The lowest BCUT2D eigenvalue weighted by atomic mass is 9.98. The fourth-order valence-electron chi connectivity index (χ4n) is 2.55. The Morgan fingerprint density at radius 2 is 2.00 bits per heavy atom. The summed E-state index contributed by atoms with van der Waals surface area (Å²) in [6, 6.07) is 5.11. The Kier molecular flexibility index (Phi) is 5.89. The van der Waals surface area contributed by atoms with E-state index in [1.807, 2.05) is 0 Å². The lowest BCUT2D eigenvalue weighted by molar-refractivity contribution is -0.151. The summed E-state index contributed by atoms with van der Waals surface area (Å²) in [5.74, 6) is 0.00690. The Morgan fingerprint density at radius 3 is 2.57 bits per heavy atom. The van der Waals surface area contributed by atoms with Crippen molar-refractivity contribution in [2.24, 2.45) is 5.92 Å². The number of esters is 1. The number of carbonyl (C=O) groups excluding carboxylic acids is 1. The number of hydrogen-bond donors (Lipinski definition) is 0. The molecule has 0 aliphatic carbocycles. The number of nitrogens with zero attached hydrogens (tertiary/aromatic N) is 1. The van der Waals surface area contributed by atoms with Crippen molar-refractivity contribution >= 4 is 27.6 Å². The van der Waals surface area contributed by atoms with Gasteiger partial charge in [-0.3, -0.25) is 4.79 Å². The number of methoxy groups -OCH3 is 1. The van der Waals surface area contributed by atoms with Crippen LogP contribution in [0.25, 0.3) is 0 Å². The lowest BCUT2D eigenvalue weighted by Crippen LogP contribution is -2.40. The lowest BCUT2D eigenvalue weighted by Gasteiger charge is -2.28. The number of benzene rings is 1. The highest BCUT2D eigenvalue weighted by atomic mass is 35.5. The molecule has 1 fully saturated rings. The number of sulfonamides is 1. The van der Waals surface area contributed by atoms with Crippen LogP contribution < -0.4 is 4.74 Å². The van der Waals surface area contributed by atoms with Gasteiger partial charge >= 0.3 is 5.97 Å². The Balaban J connectivity index is 1.90. The van der Waals surface area contributed by atoms with Gasteiger partial charge in [-0.15, -0.1) is 0 Å². The molecule has 1 aliphatic heterocycles. The van der Waals surface area contributed by atoms with Crippen LogP contribution >= 0.6 is 11.6 Å². The van der Waals surface area contributed by atoms with Crippen molar-refractivity contribution in [3.8, 4) is 5.75 Å². The van der Waals surface area contributed by atoms with Gasteiger partial charge in [0.1, 0.15) is 12.4 Å². The number of hydrogen-bond acceptors (Lipinski definition) is 5. The van der Waals surface area contributed by atoms with E-state index >= 15 is 0 Å². The van der Waals surface area contributed by atoms with Gasteiger partial charge in [0.25, 0.3) is 0 Å². The fraction of sp³-hybridized carbons (Fsp3) is 0.533. The van der Waals surface area contributed by atoms with E-state index in [-0.39, 0.29) is 18.5 Å². The monoisotopic (exact) mass is 361 g/mol. The van der Waals surface area contributed by atoms with E-state index in [0.717, 1.165) is 0 Å². The molecule has 1 aromatic rings. The third-order valence-electron chi connectivity index (χ3n) is 3.87. The summed E-state index contributed by atoms with van der Waals surface area (Å²) in [7, 11) is -1.66. The molecule has 2 rings (SSSR count). The molecule has 0 atom stereocenters. The summed E-state index contributed by atoms with van der Waals surface area (Å²) in [6.45, 7) is 0.771. The van der Waals surface area contributed by atoms with Crippen molar-refractivity contribution < 1.29 is 22.7 Å². The first-order valence-corrected chi connectivity index (χ1v) is 9.48. The third kappa shape index (κ3) is 4.83. The summed E-state index contributed by atoms with van der Waals surface area (Å²) >= 11 is 5.94. The zero-order chi connectivity index (χ0) is 17.0. The summed E-state index contributed by atoms with van der Waals surface area (Å²) in [4.78, 5) is 12.1. The molecule has 0 radical (unpaired) electrons. The first kappa shape index (κ1) is 18.0. The molecule has 128 valence electrons. The van der Waals surface area contributed by atoms with Crippen LogP contribution in [0.2, 0.25) is 5.02 Å². The van der Waals surface area contributed by atoms with Gasteiger partial charge in [0.15, 0.2) is 0 Å². The Labute approximate surface area is 141 Å². The minimum atomic E-state index is -3.19. The van der Waals surface area contributed by atoms with Crippen LogP contribution in [0.5, 0.6) is 5.75 Å². The number of piperidine rings is 1. The molecule has 1 saturated heterocycles. The molecule has 8 heteroatoms. The highest BCUT2D eigenvalue weighted by molar-refractivity contribution is 7.88. The van der Waals surface area contributed by atoms with Gasteiger partial charge in [0.2, 0.25) is 10.0 Å². The van der Waals surface area contributed by atoms with Crippen molar-refractivity contribution in [2.45, 2.75) is 19.4 Å². The SMILES string of the molecule is COc1ccc(Cl)cc1COC(=O)C1CCN(S(C)(=O)=O)CC1. The summed E-state index contributed by atoms with van der Waals surface area (Å²) in [5, 5.41) is 0.540. The van der Waals surface area contributed by atoms with Gasteiger partial charge in [-0.2, -0.15) is 0 Å². The quantitative estimate of drug-likeness (QED) is 0.750. The van der Waals surface area contributed by atoms with E-state index in [2.05, 4.69) is 0 Å². The number of rotatable bonds is 5. The Morgan fingerprint density at radius 1 is 1.35 bits per heavy atom. The van der Waals surface area contributed by atoms with Gasteiger partial charge < -0.3 is 9.47 Å². The summed E-state index contributed by atoms with van der Waals surface area (Å²) in [5.41, 5.74) is 0.696. The van der Waals surface area contributed by atoms with Gasteiger partial charge in [0.05, 0.1) is 19.3 Å². The zero-order valence-electron chi connectivity index (χ0n) is 13.1. The smallest absolute Gasteiger partial charge is 0.309 e. The normalized spacial score (nSPS) is 17.0. The number of carbonyl (C=O) groups is 1. The van der Waals surface area contributed by atoms with Gasteiger partial charge in [-0.1, -0.05) is 11.6 Å². The maximum Gasteiger partial charge on any atom is 0.309 e. The predicted molar refractivity (Wildman–Crippen MR) is 86.9 cm³/mol. The highest BCUT2D eigenvalue weighted by Crippen LogP contribution is 2.25. The molecule has 6 nitrogen and oxygen atoms in total. The maximum atomic E-state index is 12.1. The molecule has 1 aromatic carbocycles. The van der Waals surface area contributed by atoms with E-state index in [1.54, 1.807) is 18.2 Å². The van der Waals surface area contributed by atoms with E-state index in [4.69, 9.17) is 21.1 Å². The molecule has 0 N–H and O–H groups in total. The van der Waals surface area contributed by atoms with Crippen LogP contribution in [0.1, 0.15) is 18.4 Å². The summed E-state index contributed by atoms with van der Waals surface area (Å²) in [6.07, 6.45) is 2.12. The van der Waals surface area contributed by atoms with Crippen LogP contribution in [0, 0.1) is 5.92 Å². The predicted octanol–water partition coefficient (Wildman–Crippen LogP) is 2.06. The number of halogens is 1. The van der Waals surface area contributed by atoms with Crippen LogP contribution in [0.4, 0.5) is 0 Å². The van der Waals surface area contributed by atoms with E-state index < -0.39 is 10.0 Å². The minimum Gasteiger partial charge on any atom is -0.496 e. The van der Waals surface area contributed by atoms with Crippen LogP contribution in [-0.2, 0) is 26.2 Å². The zero-order valence-corrected chi connectivity index (χ0v) is 14.7. The van der Waals surface area contributed by atoms with Crippen molar-refractivity contribution in [1.29, 1.82) is 0 Å². The molecular formula is C15H20ClNO5S. The van der Waals surface area contributed by atoms with Crippen LogP contribution in [-0.4, -0.2) is 45.1 Å².